The van der Waals surface area contributed by atoms with Crippen LogP contribution in [-0.2, 0) is 11.3 Å². The third kappa shape index (κ3) is 3.75. The molecule has 3 aromatic rings. The highest BCUT2D eigenvalue weighted by Gasteiger charge is 2.23. The molecular weight excluding hydrogens is 319 g/mol. The molecule has 1 aromatic carbocycles. The highest BCUT2D eigenvalue weighted by molar-refractivity contribution is 5.59. The zero-order valence-corrected chi connectivity index (χ0v) is 13.7. The first-order valence-corrected chi connectivity index (χ1v) is 8.33. The van der Waals surface area contributed by atoms with Crippen molar-refractivity contribution in [1.29, 1.82) is 0 Å². The zero-order valence-electron chi connectivity index (χ0n) is 13.7. The lowest BCUT2D eigenvalue weighted by Gasteiger charge is -2.32. The summed E-state index contributed by atoms with van der Waals surface area (Å²) in [6.07, 6.45) is 3.49. The maximum absolute atomic E-state index is 13.5. The fourth-order valence-electron chi connectivity index (χ4n) is 3.06. The molecule has 6 heteroatoms. The third-order valence-corrected chi connectivity index (χ3v) is 4.30. The van der Waals surface area contributed by atoms with E-state index in [1.807, 2.05) is 30.5 Å². The normalized spacial score (nSPS) is 18.4. The highest BCUT2D eigenvalue weighted by atomic mass is 19.1. The summed E-state index contributed by atoms with van der Waals surface area (Å²) < 4.78 is 19.4. The minimum absolute atomic E-state index is 0.0998. The number of nitrogens with one attached hydrogen (secondary N) is 1. The maximum Gasteiger partial charge on any atom is 0.123 e. The molecule has 1 saturated heterocycles. The van der Waals surface area contributed by atoms with E-state index in [1.54, 1.807) is 12.3 Å². The Morgan fingerprint density at radius 2 is 2.16 bits per heavy atom. The molecule has 1 N–H and O–H groups in total. The van der Waals surface area contributed by atoms with E-state index in [0.717, 1.165) is 42.4 Å². The standard InChI is InChI=1S/C19H19FN4O/c20-15-4-1-3-14(11-15)16-5-2-6-17(23-16)18-12-24(9-10-25-18)13-19-21-7-8-22-19/h1-8,11,18H,9-10,12-13H2,(H,21,22)/t18-/m1/s1. The predicted octanol–water partition coefficient (Wildman–Crippen LogP) is 3.18. The van der Waals surface area contributed by atoms with Gasteiger partial charge in [0.15, 0.2) is 0 Å². The molecule has 4 rings (SSSR count). The van der Waals surface area contributed by atoms with E-state index < -0.39 is 0 Å². The minimum atomic E-state index is -0.261. The topological polar surface area (TPSA) is 54.0 Å². The number of halogens is 1. The van der Waals surface area contributed by atoms with E-state index in [2.05, 4.69) is 14.9 Å². The Morgan fingerprint density at radius 3 is 3.00 bits per heavy atom. The van der Waals surface area contributed by atoms with Gasteiger partial charge in [-0.3, -0.25) is 9.88 Å². The molecule has 2 aromatic heterocycles. The van der Waals surface area contributed by atoms with Crippen LogP contribution in [0.5, 0.6) is 0 Å². The van der Waals surface area contributed by atoms with Crippen LogP contribution in [0, 0.1) is 5.82 Å². The van der Waals surface area contributed by atoms with E-state index >= 15 is 0 Å². The molecule has 1 fully saturated rings. The van der Waals surface area contributed by atoms with Crippen molar-refractivity contribution >= 4 is 0 Å². The third-order valence-electron chi connectivity index (χ3n) is 4.30. The molecule has 5 nitrogen and oxygen atoms in total. The maximum atomic E-state index is 13.5. The molecule has 0 amide bonds. The predicted molar refractivity (Wildman–Crippen MR) is 92.2 cm³/mol. The van der Waals surface area contributed by atoms with Crippen LogP contribution < -0.4 is 0 Å². The molecule has 0 unspecified atom stereocenters. The summed E-state index contributed by atoms with van der Waals surface area (Å²) in [6.45, 7) is 3.02. The number of ether oxygens (including phenoxy) is 1. The van der Waals surface area contributed by atoms with Gasteiger partial charge >= 0.3 is 0 Å². The number of hydrogen-bond donors (Lipinski definition) is 1. The first-order chi connectivity index (χ1) is 12.3. The second-order valence-electron chi connectivity index (χ2n) is 6.09. The van der Waals surface area contributed by atoms with Crippen molar-refractivity contribution in [3.8, 4) is 11.3 Å². The molecule has 0 spiro atoms. The van der Waals surface area contributed by atoms with Gasteiger partial charge in [0, 0.05) is 31.0 Å². The first kappa shape index (κ1) is 15.9. The van der Waals surface area contributed by atoms with Crippen LogP contribution >= 0.6 is 0 Å². The van der Waals surface area contributed by atoms with Crippen molar-refractivity contribution in [2.75, 3.05) is 19.7 Å². The van der Waals surface area contributed by atoms with Crippen LogP contribution in [0.2, 0.25) is 0 Å². The van der Waals surface area contributed by atoms with Crippen LogP contribution in [0.25, 0.3) is 11.3 Å². The lowest BCUT2D eigenvalue weighted by Crippen LogP contribution is -2.38. The molecule has 25 heavy (non-hydrogen) atoms. The quantitative estimate of drug-likeness (QED) is 0.794. The lowest BCUT2D eigenvalue weighted by atomic mass is 10.1. The summed E-state index contributed by atoms with van der Waals surface area (Å²) in [7, 11) is 0. The van der Waals surface area contributed by atoms with Gasteiger partial charge in [-0.25, -0.2) is 9.37 Å². The largest absolute Gasteiger partial charge is 0.369 e. The lowest BCUT2D eigenvalue weighted by molar-refractivity contribution is -0.0356. The van der Waals surface area contributed by atoms with Gasteiger partial charge in [-0.15, -0.1) is 0 Å². The van der Waals surface area contributed by atoms with Crippen molar-refractivity contribution in [3.63, 3.8) is 0 Å². The molecule has 128 valence electrons. The van der Waals surface area contributed by atoms with E-state index in [-0.39, 0.29) is 11.9 Å². The van der Waals surface area contributed by atoms with E-state index in [1.165, 1.54) is 12.1 Å². The van der Waals surface area contributed by atoms with Gasteiger partial charge in [-0.05, 0) is 24.3 Å². The Morgan fingerprint density at radius 1 is 1.24 bits per heavy atom. The van der Waals surface area contributed by atoms with Gasteiger partial charge in [0.25, 0.3) is 0 Å². The van der Waals surface area contributed by atoms with Crippen LogP contribution in [0.1, 0.15) is 17.6 Å². The number of morpholine rings is 1. The summed E-state index contributed by atoms with van der Waals surface area (Å²) in [5.41, 5.74) is 2.39. The molecule has 1 aliphatic rings. The van der Waals surface area contributed by atoms with Gasteiger partial charge < -0.3 is 9.72 Å². The number of aromatic nitrogens is 3. The number of pyridine rings is 1. The molecule has 1 atom stereocenters. The monoisotopic (exact) mass is 338 g/mol. The average molecular weight is 338 g/mol. The number of imidazole rings is 1. The molecule has 3 heterocycles. The van der Waals surface area contributed by atoms with Crippen molar-refractivity contribution in [2.45, 2.75) is 12.6 Å². The van der Waals surface area contributed by atoms with Crippen LogP contribution in [0.15, 0.2) is 54.9 Å². The van der Waals surface area contributed by atoms with E-state index in [9.17, 15) is 4.39 Å². The van der Waals surface area contributed by atoms with Gasteiger partial charge in [-0.2, -0.15) is 0 Å². The van der Waals surface area contributed by atoms with Crippen LogP contribution in [0.4, 0.5) is 4.39 Å². The fraction of sp³-hybridized carbons (Fsp3) is 0.263. The smallest absolute Gasteiger partial charge is 0.123 e. The average Bonchev–Trinajstić information content (AvgIpc) is 3.15. The number of aromatic amines is 1. The number of hydrogen-bond acceptors (Lipinski definition) is 4. The van der Waals surface area contributed by atoms with Gasteiger partial charge in [0.1, 0.15) is 17.7 Å². The second-order valence-corrected chi connectivity index (χ2v) is 6.09. The SMILES string of the molecule is Fc1cccc(-c2cccc([C@H]3CN(Cc4ncc[nH]4)CCO3)n2)c1. The summed E-state index contributed by atoms with van der Waals surface area (Å²) in [6, 6.07) is 12.3. The summed E-state index contributed by atoms with van der Waals surface area (Å²) in [5, 5.41) is 0. The fourth-order valence-corrected chi connectivity index (χ4v) is 3.06. The molecule has 0 bridgehead atoms. The second kappa shape index (κ2) is 7.13. The minimum Gasteiger partial charge on any atom is -0.369 e. The van der Waals surface area contributed by atoms with E-state index in [0.29, 0.717) is 6.61 Å². The van der Waals surface area contributed by atoms with Crippen molar-refractivity contribution in [3.05, 3.63) is 72.2 Å². The highest BCUT2D eigenvalue weighted by Crippen LogP contribution is 2.25. The van der Waals surface area contributed by atoms with Crippen molar-refractivity contribution < 1.29 is 9.13 Å². The van der Waals surface area contributed by atoms with Crippen molar-refractivity contribution in [1.82, 2.24) is 19.9 Å². The number of benzene rings is 1. The van der Waals surface area contributed by atoms with Gasteiger partial charge in [-0.1, -0.05) is 18.2 Å². The van der Waals surface area contributed by atoms with Crippen LogP contribution in [0.3, 0.4) is 0 Å². The Labute approximate surface area is 145 Å². The Bertz CT molecular complexity index is 837. The Kier molecular flexibility index (Phi) is 4.54. The van der Waals surface area contributed by atoms with E-state index in [4.69, 9.17) is 9.72 Å². The van der Waals surface area contributed by atoms with Crippen molar-refractivity contribution in [2.24, 2.45) is 0 Å². The Hall–Kier alpha value is -2.57. The summed E-state index contributed by atoms with van der Waals surface area (Å²) in [4.78, 5) is 14.4. The van der Waals surface area contributed by atoms with Gasteiger partial charge in [0.05, 0.1) is 24.5 Å². The first-order valence-electron chi connectivity index (χ1n) is 8.33. The molecule has 0 radical (unpaired) electrons. The number of nitrogens with zero attached hydrogens (tertiary/aromatic N) is 3. The number of H-pyrrole nitrogens is 1. The molecule has 0 aliphatic carbocycles. The van der Waals surface area contributed by atoms with Crippen LogP contribution in [-0.4, -0.2) is 39.5 Å². The zero-order chi connectivity index (χ0) is 17.1. The number of rotatable bonds is 4. The van der Waals surface area contributed by atoms with Gasteiger partial charge in [0.2, 0.25) is 0 Å². The summed E-state index contributed by atoms with van der Waals surface area (Å²) >= 11 is 0. The Balaban J connectivity index is 1.52. The summed E-state index contributed by atoms with van der Waals surface area (Å²) in [5.74, 6) is 0.686. The molecular formula is C19H19FN4O. The molecule has 0 saturated carbocycles. The molecule has 1 aliphatic heterocycles.